The van der Waals surface area contributed by atoms with Crippen molar-refractivity contribution in [3.05, 3.63) is 11.1 Å². The van der Waals surface area contributed by atoms with Gasteiger partial charge >= 0.3 is 0 Å². The molecule has 0 N–H and O–H groups in total. The van der Waals surface area contributed by atoms with E-state index in [1.807, 2.05) is 7.05 Å². The highest BCUT2D eigenvalue weighted by atomic mass is 16.2. The molecule has 0 bridgehead atoms. The second-order valence-corrected chi connectivity index (χ2v) is 4.82. The average molecular weight is 220 g/mol. The van der Waals surface area contributed by atoms with Crippen LogP contribution in [0.25, 0.3) is 0 Å². The summed E-state index contributed by atoms with van der Waals surface area (Å²) in [6, 6.07) is 0. The van der Waals surface area contributed by atoms with Gasteiger partial charge in [0.25, 0.3) is 5.91 Å². The molecular formula is C13H20N2O. The number of nitrogens with zero attached hydrogens (tertiary/aromatic N) is 2. The molecule has 0 atom stereocenters. The van der Waals surface area contributed by atoms with Crippen molar-refractivity contribution in [3.8, 4) is 0 Å². The number of likely N-dealkylation sites (N-methyl/N-ethyl adjacent to an activating group) is 1. The van der Waals surface area contributed by atoms with Crippen LogP contribution in [0.4, 0.5) is 0 Å². The molecule has 0 unspecified atom stereocenters. The molecule has 0 aromatic carbocycles. The first kappa shape index (κ1) is 11.4. The summed E-state index contributed by atoms with van der Waals surface area (Å²) in [7, 11) is 1.86. The molecule has 1 amide bonds. The summed E-state index contributed by atoms with van der Waals surface area (Å²) >= 11 is 0. The summed E-state index contributed by atoms with van der Waals surface area (Å²) in [6.45, 7) is 3.73. The zero-order valence-electron chi connectivity index (χ0n) is 10.3. The minimum absolute atomic E-state index is 0.122. The maximum absolute atomic E-state index is 11.9. The molecular weight excluding hydrogens is 200 g/mol. The van der Waals surface area contributed by atoms with Gasteiger partial charge in [-0.3, -0.25) is 9.79 Å². The molecule has 0 aromatic heterocycles. The maximum Gasteiger partial charge on any atom is 0.267 e. The maximum atomic E-state index is 11.9. The molecule has 0 fully saturated rings. The van der Waals surface area contributed by atoms with Crippen LogP contribution >= 0.6 is 0 Å². The third kappa shape index (κ3) is 2.34. The third-order valence-electron chi connectivity index (χ3n) is 3.60. The highest BCUT2D eigenvalue weighted by molar-refractivity contribution is 6.39. The predicted molar refractivity (Wildman–Crippen MR) is 65.7 cm³/mol. The summed E-state index contributed by atoms with van der Waals surface area (Å²) in [4.78, 5) is 18.0. The first-order valence-electron chi connectivity index (χ1n) is 6.15. The lowest BCUT2D eigenvalue weighted by Crippen LogP contribution is -2.39. The van der Waals surface area contributed by atoms with E-state index in [1.54, 1.807) is 4.90 Å². The lowest BCUT2D eigenvalue weighted by Gasteiger charge is -2.24. The van der Waals surface area contributed by atoms with Crippen LogP contribution in [0.5, 0.6) is 0 Å². The Kier molecular flexibility index (Phi) is 3.42. The highest BCUT2D eigenvalue weighted by Gasteiger charge is 2.22. The third-order valence-corrected chi connectivity index (χ3v) is 3.60. The van der Waals surface area contributed by atoms with E-state index in [1.165, 1.54) is 30.4 Å². The molecule has 3 nitrogen and oxygen atoms in total. The molecule has 2 aliphatic rings. The van der Waals surface area contributed by atoms with Gasteiger partial charge in [-0.15, -0.1) is 0 Å². The Labute approximate surface area is 97.2 Å². The average Bonchev–Trinajstić information content (AvgIpc) is 2.28. The Balaban J connectivity index is 2.09. The Morgan fingerprint density at radius 3 is 2.81 bits per heavy atom. The fourth-order valence-corrected chi connectivity index (χ4v) is 2.42. The minimum Gasteiger partial charge on any atom is -0.339 e. The van der Waals surface area contributed by atoms with Gasteiger partial charge in [-0.2, -0.15) is 0 Å². The summed E-state index contributed by atoms with van der Waals surface area (Å²) in [5.74, 6) is 0.122. The van der Waals surface area contributed by atoms with Gasteiger partial charge in [0.1, 0.15) is 5.71 Å². The van der Waals surface area contributed by atoms with E-state index in [0.717, 1.165) is 31.6 Å². The van der Waals surface area contributed by atoms with Crippen LogP contribution in [-0.4, -0.2) is 36.7 Å². The Hall–Kier alpha value is -1.12. The van der Waals surface area contributed by atoms with Gasteiger partial charge in [-0.05, 0) is 32.6 Å². The summed E-state index contributed by atoms with van der Waals surface area (Å²) in [5.41, 5.74) is 3.70. The van der Waals surface area contributed by atoms with Crippen LogP contribution in [0.2, 0.25) is 0 Å². The van der Waals surface area contributed by atoms with Gasteiger partial charge in [-0.25, -0.2) is 0 Å². The number of aliphatic imine (C=N–C) groups is 1. The largest absolute Gasteiger partial charge is 0.339 e. The number of carbonyl (C=O) groups excluding carboxylic acids is 1. The fourth-order valence-electron chi connectivity index (χ4n) is 2.42. The van der Waals surface area contributed by atoms with Crippen molar-refractivity contribution >= 4 is 11.6 Å². The lowest BCUT2D eigenvalue weighted by atomic mass is 9.89. The first-order chi connectivity index (χ1) is 7.68. The van der Waals surface area contributed by atoms with Gasteiger partial charge in [0.2, 0.25) is 0 Å². The molecule has 3 heteroatoms. The van der Waals surface area contributed by atoms with Crippen molar-refractivity contribution in [1.82, 2.24) is 4.90 Å². The quantitative estimate of drug-likeness (QED) is 0.656. The van der Waals surface area contributed by atoms with E-state index in [-0.39, 0.29) is 5.91 Å². The molecule has 1 aliphatic heterocycles. The zero-order valence-corrected chi connectivity index (χ0v) is 10.3. The van der Waals surface area contributed by atoms with E-state index in [9.17, 15) is 4.79 Å². The van der Waals surface area contributed by atoms with Crippen LogP contribution in [0.1, 0.15) is 39.0 Å². The number of hydrogen-bond donors (Lipinski definition) is 0. The number of carbonyl (C=O) groups is 1. The second-order valence-electron chi connectivity index (χ2n) is 4.82. The van der Waals surface area contributed by atoms with Crippen molar-refractivity contribution in [1.29, 1.82) is 0 Å². The topological polar surface area (TPSA) is 32.7 Å². The van der Waals surface area contributed by atoms with Crippen molar-refractivity contribution in [2.24, 2.45) is 4.99 Å². The number of amides is 1. The van der Waals surface area contributed by atoms with E-state index >= 15 is 0 Å². The van der Waals surface area contributed by atoms with Crippen LogP contribution in [0, 0.1) is 0 Å². The monoisotopic (exact) mass is 220 g/mol. The molecule has 0 spiro atoms. The highest BCUT2D eigenvalue weighted by Crippen LogP contribution is 2.27. The number of rotatable bonds is 2. The van der Waals surface area contributed by atoms with Crippen molar-refractivity contribution in [3.63, 3.8) is 0 Å². The Bertz CT molecular complexity index is 355. The normalized spacial score (nSPS) is 22.5. The Morgan fingerprint density at radius 1 is 1.31 bits per heavy atom. The van der Waals surface area contributed by atoms with Crippen molar-refractivity contribution < 1.29 is 4.79 Å². The van der Waals surface area contributed by atoms with Crippen LogP contribution < -0.4 is 0 Å². The number of hydrogen-bond acceptors (Lipinski definition) is 2. The van der Waals surface area contributed by atoms with E-state index in [2.05, 4.69) is 11.9 Å². The van der Waals surface area contributed by atoms with Crippen LogP contribution in [0.15, 0.2) is 16.1 Å². The van der Waals surface area contributed by atoms with E-state index in [4.69, 9.17) is 0 Å². The molecule has 1 aliphatic carbocycles. The molecule has 0 aromatic rings. The van der Waals surface area contributed by atoms with Gasteiger partial charge in [-0.1, -0.05) is 11.1 Å². The van der Waals surface area contributed by atoms with Gasteiger partial charge < -0.3 is 4.90 Å². The molecule has 88 valence electrons. The van der Waals surface area contributed by atoms with Crippen LogP contribution in [0.3, 0.4) is 0 Å². The molecule has 2 rings (SSSR count). The van der Waals surface area contributed by atoms with Gasteiger partial charge in [0.15, 0.2) is 0 Å². The predicted octanol–water partition coefficient (Wildman–Crippen LogP) is 2.18. The van der Waals surface area contributed by atoms with E-state index < -0.39 is 0 Å². The second kappa shape index (κ2) is 4.81. The summed E-state index contributed by atoms with van der Waals surface area (Å²) in [5, 5.41) is 0. The van der Waals surface area contributed by atoms with E-state index in [0.29, 0.717) is 0 Å². The lowest BCUT2D eigenvalue weighted by molar-refractivity contribution is -0.123. The van der Waals surface area contributed by atoms with Crippen molar-refractivity contribution in [2.45, 2.75) is 39.0 Å². The summed E-state index contributed by atoms with van der Waals surface area (Å²) < 4.78 is 0. The molecule has 0 saturated heterocycles. The van der Waals surface area contributed by atoms with Gasteiger partial charge in [0, 0.05) is 20.0 Å². The van der Waals surface area contributed by atoms with Crippen LogP contribution in [-0.2, 0) is 4.79 Å². The van der Waals surface area contributed by atoms with Gasteiger partial charge in [0.05, 0.1) is 6.54 Å². The zero-order chi connectivity index (χ0) is 11.5. The standard InChI is InChI=1S/C13H20N2O/c1-10-5-3-4-6-11(10)9-12-13(16)15(2)8-7-14-12/h3-9H2,1-2H3. The van der Waals surface area contributed by atoms with Crippen molar-refractivity contribution in [2.75, 3.05) is 20.1 Å². The smallest absolute Gasteiger partial charge is 0.267 e. The first-order valence-corrected chi connectivity index (χ1v) is 6.15. The fraction of sp³-hybridized carbons (Fsp3) is 0.692. The minimum atomic E-state index is 0.122. The molecule has 1 heterocycles. The summed E-state index contributed by atoms with van der Waals surface area (Å²) in [6.07, 6.45) is 5.71. The molecule has 0 radical (unpaired) electrons. The number of allylic oxidation sites excluding steroid dienone is 2. The molecule has 0 saturated carbocycles. The Morgan fingerprint density at radius 2 is 2.06 bits per heavy atom. The SMILES string of the molecule is CC1=C(CC2=NCCN(C)C2=O)CCCC1. The molecule has 16 heavy (non-hydrogen) atoms.